The van der Waals surface area contributed by atoms with E-state index in [1.54, 1.807) is 12.1 Å². The van der Waals surface area contributed by atoms with E-state index < -0.39 is 0 Å². The maximum atomic E-state index is 14.3. The van der Waals surface area contributed by atoms with Crippen LogP contribution >= 0.6 is 15.9 Å². The number of hydrogen-bond donors (Lipinski definition) is 1. The Morgan fingerprint density at radius 2 is 1.95 bits per heavy atom. The lowest BCUT2D eigenvalue weighted by atomic mass is 9.99. The van der Waals surface area contributed by atoms with Crippen LogP contribution in [0.4, 0.5) is 4.39 Å². The predicted octanol–water partition coefficient (Wildman–Crippen LogP) is 4.64. The molecule has 0 aliphatic rings. The molecule has 2 rings (SSSR count). The van der Waals surface area contributed by atoms with Crippen LogP contribution < -0.4 is 10.1 Å². The van der Waals surface area contributed by atoms with Gasteiger partial charge in [-0.3, -0.25) is 0 Å². The number of nitrogens with one attached hydrogen (secondary N) is 1. The Bertz CT molecular complexity index is 640. The Morgan fingerprint density at radius 1 is 1.23 bits per heavy atom. The van der Waals surface area contributed by atoms with Gasteiger partial charge in [-0.25, -0.2) is 4.39 Å². The van der Waals surface area contributed by atoms with E-state index in [2.05, 4.69) is 27.8 Å². The summed E-state index contributed by atoms with van der Waals surface area (Å²) in [4.78, 5) is 0. The van der Waals surface area contributed by atoms with E-state index in [-0.39, 0.29) is 5.82 Å². The highest BCUT2D eigenvalue weighted by atomic mass is 79.9. The number of hydrogen-bond acceptors (Lipinski definition) is 2. The van der Waals surface area contributed by atoms with Crippen LogP contribution in [0.5, 0.6) is 5.75 Å². The van der Waals surface area contributed by atoms with Gasteiger partial charge >= 0.3 is 0 Å². The lowest BCUT2D eigenvalue weighted by Gasteiger charge is -2.11. The minimum absolute atomic E-state index is 0.320. The van der Waals surface area contributed by atoms with Crippen LogP contribution in [-0.2, 0) is 0 Å². The molecule has 2 aromatic rings. The van der Waals surface area contributed by atoms with E-state index >= 15 is 0 Å². The summed E-state index contributed by atoms with van der Waals surface area (Å²) >= 11 is 3.39. The summed E-state index contributed by atoms with van der Waals surface area (Å²) in [5, 5.41) is 3.04. The molecule has 0 aliphatic carbocycles. The predicted molar refractivity (Wildman–Crippen MR) is 92.7 cm³/mol. The van der Waals surface area contributed by atoms with Crippen LogP contribution in [0.2, 0.25) is 0 Å². The van der Waals surface area contributed by atoms with Crippen LogP contribution in [0.25, 0.3) is 5.57 Å². The first-order valence-electron chi connectivity index (χ1n) is 7.14. The summed E-state index contributed by atoms with van der Waals surface area (Å²) in [6.45, 7) is 5.44. The first-order chi connectivity index (χ1) is 10.6. The summed E-state index contributed by atoms with van der Waals surface area (Å²) in [5.74, 6) is 0.222. The van der Waals surface area contributed by atoms with E-state index in [9.17, 15) is 4.39 Å². The smallest absolute Gasteiger partial charge is 0.134 e. The monoisotopic (exact) mass is 363 g/mol. The van der Waals surface area contributed by atoms with Crippen molar-refractivity contribution in [2.45, 2.75) is 6.42 Å². The Labute approximate surface area is 139 Å². The Kier molecular flexibility index (Phi) is 6.16. The second-order valence-corrected chi connectivity index (χ2v) is 5.85. The molecule has 0 aliphatic heterocycles. The summed E-state index contributed by atoms with van der Waals surface area (Å²) in [5.41, 5.74) is 2.04. The van der Waals surface area contributed by atoms with Gasteiger partial charge in [0.05, 0.1) is 6.61 Å². The summed E-state index contributed by atoms with van der Waals surface area (Å²) in [7, 11) is 1.89. The molecule has 0 saturated carbocycles. The van der Waals surface area contributed by atoms with E-state index in [0.717, 1.165) is 23.0 Å². The molecule has 0 spiro atoms. The highest BCUT2D eigenvalue weighted by Crippen LogP contribution is 2.27. The number of halogens is 2. The molecule has 0 unspecified atom stereocenters. The number of benzene rings is 2. The molecule has 0 amide bonds. The molecule has 0 atom stereocenters. The maximum Gasteiger partial charge on any atom is 0.134 e. The van der Waals surface area contributed by atoms with Crippen LogP contribution in [0.3, 0.4) is 0 Å². The van der Waals surface area contributed by atoms with Crippen molar-refractivity contribution in [2.24, 2.45) is 0 Å². The quantitative estimate of drug-likeness (QED) is 0.723. The topological polar surface area (TPSA) is 21.3 Å². The van der Waals surface area contributed by atoms with Gasteiger partial charge in [0, 0.05) is 16.1 Å². The van der Waals surface area contributed by atoms with Crippen molar-refractivity contribution in [1.29, 1.82) is 0 Å². The van der Waals surface area contributed by atoms with Crippen LogP contribution in [-0.4, -0.2) is 20.2 Å². The molecule has 2 nitrogen and oxygen atoms in total. The van der Waals surface area contributed by atoms with Gasteiger partial charge in [-0.2, -0.15) is 0 Å². The molecule has 0 radical (unpaired) electrons. The third kappa shape index (κ3) is 4.42. The van der Waals surface area contributed by atoms with Crippen molar-refractivity contribution >= 4 is 21.5 Å². The molecular formula is C18H19BrFNO. The Balaban J connectivity index is 2.08. The second-order valence-electron chi connectivity index (χ2n) is 4.93. The van der Waals surface area contributed by atoms with Gasteiger partial charge in [-0.15, -0.1) is 0 Å². The standard InChI is InChI=1S/C18H19BrFNO/c1-13(14-4-6-15(19)7-5-14)17-9-8-16(12-18(17)20)22-11-3-10-21-2/h4-9,12,21H,1,3,10-11H2,2H3. The van der Waals surface area contributed by atoms with E-state index in [1.807, 2.05) is 31.3 Å². The number of ether oxygens (including phenoxy) is 1. The molecule has 0 fully saturated rings. The minimum atomic E-state index is -0.320. The molecule has 4 heteroatoms. The maximum absolute atomic E-state index is 14.3. The van der Waals surface area contributed by atoms with Crippen LogP contribution in [0.15, 0.2) is 53.5 Å². The molecular weight excluding hydrogens is 345 g/mol. The SMILES string of the molecule is C=C(c1ccc(Br)cc1)c1ccc(OCCCNC)cc1F. The lowest BCUT2D eigenvalue weighted by Crippen LogP contribution is -2.11. The fourth-order valence-corrected chi connectivity index (χ4v) is 2.34. The third-order valence-electron chi connectivity index (χ3n) is 3.30. The Hall–Kier alpha value is -1.65. The average molecular weight is 364 g/mol. The van der Waals surface area contributed by atoms with Crippen molar-refractivity contribution in [3.8, 4) is 5.75 Å². The highest BCUT2D eigenvalue weighted by Gasteiger charge is 2.09. The first kappa shape index (κ1) is 16.7. The largest absolute Gasteiger partial charge is 0.493 e. The van der Waals surface area contributed by atoms with Gasteiger partial charge in [-0.1, -0.05) is 34.6 Å². The second kappa shape index (κ2) is 8.11. The third-order valence-corrected chi connectivity index (χ3v) is 3.83. The van der Waals surface area contributed by atoms with E-state index in [4.69, 9.17) is 4.74 Å². The van der Waals surface area contributed by atoms with Crippen molar-refractivity contribution in [2.75, 3.05) is 20.2 Å². The normalized spacial score (nSPS) is 10.5. The van der Waals surface area contributed by atoms with Crippen molar-refractivity contribution in [3.05, 3.63) is 70.5 Å². The van der Waals surface area contributed by atoms with Crippen molar-refractivity contribution in [1.82, 2.24) is 5.32 Å². The molecule has 0 saturated heterocycles. The van der Waals surface area contributed by atoms with Crippen molar-refractivity contribution < 1.29 is 9.13 Å². The van der Waals surface area contributed by atoms with Gasteiger partial charge in [0.1, 0.15) is 11.6 Å². The molecule has 116 valence electrons. The molecule has 1 N–H and O–H groups in total. The lowest BCUT2D eigenvalue weighted by molar-refractivity contribution is 0.308. The molecule has 2 aromatic carbocycles. The van der Waals surface area contributed by atoms with Gasteiger partial charge in [-0.05, 0) is 55.4 Å². The van der Waals surface area contributed by atoms with E-state index in [0.29, 0.717) is 23.5 Å². The van der Waals surface area contributed by atoms with Gasteiger partial charge in [0.25, 0.3) is 0 Å². The summed E-state index contributed by atoms with van der Waals surface area (Å²) in [6, 6.07) is 12.6. The zero-order valence-corrected chi connectivity index (χ0v) is 14.1. The van der Waals surface area contributed by atoms with Crippen molar-refractivity contribution in [3.63, 3.8) is 0 Å². The van der Waals surface area contributed by atoms with Gasteiger partial charge in [0.15, 0.2) is 0 Å². The molecule has 0 heterocycles. The van der Waals surface area contributed by atoms with Crippen LogP contribution in [0.1, 0.15) is 17.5 Å². The van der Waals surface area contributed by atoms with Crippen LogP contribution in [0, 0.1) is 5.82 Å². The molecule has 0 aromatic heterocycles. The molecule has 22 heavy (non-hydrogen) atoms. The average Bonchev–Trinajstić information content (AvgIpc) is 2.52. The fourth-order valence-electron chi connectivity index (χ4n) is 2.08. The first-order valence-corrected chi connectivity index (χ1v) is 7.93. The minimum Gasteiger partial charge on any atom is -0.493 e. The zero-order valence-electron chi connectivity index (χ0n) is 12.5. The van der Waals surface area contributed by atoms with Gasteiger partial charge < -0.3 is 10.1 Å². The summed E-state index contributed by atoms with van der Waals surface area (Å²) < 4.78 is 20.8. The summed E-state index contributed by atoms with van der Waals surface area (Å²) in [6.07, 6.45) is 0.880. The number of rotatable bonds is 7. The zero-order chi connectivity index (χ0) is 15.9. The molecule has 0 bridgehead atoms. The van der Waals surface area contributed by atoms with Gasteiger partial charge in [0.2, 0.25) is 0 Å². The highest BCUT2D eigenvalue weighted by molar-refractivity contribution is 9.10. The van der Waals surface area contributed by atoms with E-state index in [1.165, 1.54) is 6.07 Å². The fraction of sp³-hybridized carbons (Fsp3) is 0.222. The Morgan fingerprint density at radius 3 is 2.59 bits per heavy atom.